The molecule has 0 bridgehead atoms. The van der Waals surface area contributed by atoms with Crippen molar-refractivity contribution in [2.75, 3.05) is 23.9 Å². The summed E-state index contributed by atoms with van der Waals surface area (Å²) < 4.78 is 5.57. The monoisotopic (exact) mass is 308 g/mol. The highest BCUT2D eigenvalue weighted by Gasteiger charge is 2.23. The molecule has 2 N–H and O–H groups in total. The molecule has 0 aliphatic carbocycles. The summed E-state index contributed by atoms with van der Waals surface area (Å²) >= 11 is 1.84. The maximum atomic E-state index is 12.0. The fourth-order valence-corrected chi connectivity index (χ4v) is 2.88. The van der Waals surface area contributed by atoms with Gasteiger partial charge in [-0.25, -0.2) is 4.79 Å². The average Bonchev–Trinajstić information content (AvgIpc) is 3.01. The van der Waals surface area contributed by atoms with Crippen LogP contribution in [0.3, 0.4) is 0 Å². The molecule has 4 nitrogen and oxygen atoms in total. The second-order valence-electron chi connectivity index (χ2n) is 5.38. The Kier molecular flexibility index (Phi) is 6.39. The molecule has 1 saturated heterocycles. The molecule has 1 aromatic rings. The topological polar surface area (TPSA) is 50.4 Å². The number of urea groups is 1. The molecule has 1 fully saturated rings. The summed E-state index contributed by atoms with van der Waals surface area (Å²) in [6.07, 6.45) is 5.41. The molecule has 2 amide bonds. The Hall–Kier alpha value is -1.20. The summed E-state index contributed by atoms with van der Waals surface area (Å²) in [6, 6.07) is 7.89. The number of hydrogen-bond acceptors (Lipinski definition) is 3. The lowest BCUT2D eigenvalue weighted by Gasteiger charge is -2.20. The van der Waals surface area contributed by atoms with Crippen molar-refractivity contribution in [3.63, 3.8) is 0 Å². The molecule has 1 aliphatic heterocycles. The Morgan fingerprint density at radius 3 is 2.81 bits per heavy atom. The number of carbonyl (C=O) groups excluding carboxylic acids is 1. The van der Waals surface area contributed by atoms with Crippen LogP contribution < -0.4 is 10.6 Å². The van der Waals surface area contributed by atoms with Gasteiger partial charge in [-0.15, -0.1) is 0 Å². The summed E-state index contributed by atoms with van der Waals surface area (Å²) in [5.41, 5.74) is 2.11. The predicted octanol–water partition coefficient (Wildman–Crippen LogP) is 3.28. The maximum Gasteiger partial charge on any atom is 0.319 e. The largest absolute Gasteiger partial charge is 0.376 e. The lowest BCUT2D eigenvalue weighted by Crippen LogP contribution is -2.42. The minimum atomic E-state index is -0.171. The molecule has 21 heavy (non-hydrogen) atoms. The van der Waals surface area contributed by atoms with E-state index in [1.54, 1.807) is 0 Å². The number of benzene rings is 1. The molecule has 2 rings (SSSR count). The number of rotatable bonds is 6. The van der Waals surface area contributed by atoms with Crippen molar-refractivity contribution in [2.45, 2.75) is 38.3 Å². The van der Waals surface area contributed by atoms with Crippen molar-refractivity contribution in [3.8, 4) is 0 Å². The van der Waals surface area contributed by atoms with Crippen LogP contribution in [0.4, 0.5) is 10.5 Å². The van der Waals surface area contributed by atoms with E-state index >= 15 is 0 Å². The van der Waals surface area contributed by atoms with E-state index in [0.717, 1.165) is 37.3 Å². The SMILES string of the molecule is CSCCc1ccc(NC(=O)N[C@@H](C)[C@@H]2CCCO2)cc1. The van der Waals surface area contributed by atoms with Crippen LogP contribution in [0.5, 0.6) is 0 Å². The summed E-state index contributed by atoms with van der Waals surface area (Å²) in [5, 5.41) is 5.81. The van der Waals surface area contributed by atoms with E-state index < -0.39 is 0 Å². The maximum absolute atomic E-state index is 12.0. The molecule has 2 atom stereocenters. The lowest BCUT2D eigenvalue weighted by molar-refractivity contribution is 0.0868. The normalized spacial score (nSPS) is 19.2. The number of anilines is 1. The molecule has 0 aromatic heterocycles. The van der Waals surface area contributed by atoms with Crippen LogP contribution in [0.15, 0.2) is 24.3 Å². The van der Waals surface area contributed by atoms with Crippen molar-refractivity contribution in [2.24, 2.45) is 0 Å². The molecule has 0 radical (unpaired) electrons. The minimum Gasteiger partial charge on any atom is -0.376 e. The Morgan fingerprint density at radius 2 is 2.19 bits per heavy atom. The third-order valence-electron chi connectivity index (χ3n) is 3.69. The van der Waals surface area contributed by atoms with Crippen molar-refractivity contribution in [1.29, 1.82) is 0 Å². The first kappa shape index (κ1) is 16.2. The number of nitrogens with one attached hydrogen (secondary N) is 2. The van der Waals surface area contributed by atoms with E-state index in [1.807, 2.05) is 30.8 Å². The van der Waals surface area contributed by atoms with Gasteiger partial charge in [0.1, 0.15) is 0 Å². The Labute approximate surface area is 131 Å². The quantitative estimate of drug-likeness (QED) is 0.848. The minimum absolute atomic E-state index is 0.0355. The first-order valence-corrected chi connectivity index (χ1v) is 8.85. The second-order valence-corrected chi connectivity index (χ2v) is 6.36. The highest BCUT2D eigenvalue weighted by Crippen LogP contribution is 2.16. The summed E-state index contributed by atoms with van der Waals surface area (Å²) in [4.78, 5) is 12.0. The highest BCUT2D eigenvalue weighted by atomic mass is 32.2. The van der Waals surface area contributed by atoms with Gasteiger partial charge in [0.2, 0.25) is 0 Å². The molecule has 1 aromatic carbocycles. The van der Waals surface area contributed by atoms with Gasteiger partial charge in [-0.2, -0.15) is 11.8 Å². The van der Waals surface area contributed by atoms with E-state index in [2.05, 4.69) is 29.0 Å². The van der Waals surface area contributed by atoms with E-state index in [-0.39, 0.29) is 18.2 Å². The number of carbonyl (C=O) groups is 1. The van der Waals surface area contributed by atoms with Crippen LogP contribution in [-0.4, -0.2) is 36.8 Å². The number of aryl methyl sites for hydroxylation is 1. The standard InChI is InChI=1S/C16H24N2O2S/c1-12(15-4-3-10-20-15)17-16(19)18-14-7-5-13(6-8-14)9-11-21-2/h5-8,12,15H,3-4,9-11H2,1-2H3,(H2,17,18,19)/t12-,15-/m0/s1. The van der Waals surface area contributed by atoms with Gasteiger partial charge in [-0.3, -0.25) is 0 Å². The first-order chi connectivity index (χ1) is 10.2. The molecular weight excluding hydrogens is 284 g/mol. The molecule has 0 saturated carbocycles. The number of amides is 2. The van der Waals surface area contributed by atoms with Gasteiger partial charge < -0.3 is 15.4 Å². The van der Waals surface area contributed by atoms with Gasteiger partial charge >= 0.3 is 6.03 Å². The van der Waals surface area contributed by atoms with Crippen LogP contribution in [0.1, 0.15) is 25.3 Å². The molecule has 1 aliphatic rings. The zero-order valence-electron chi connectivity index (χ0n) is 12.7. The van der Waals surface area contributed by atoms with Gasteiger partial charge in [0.05, 0.1) is 12.1 Å². The van der Waals surface area contributed by atoms with Gasteiger partial charge in [-0.05, 0) is 55.9 Å². The van der Waals surface area contributed by atoms with Crippen molar-refractivity contribution >= 4 is 23.5 Å². The number of hydrogen-bond donors (Lipinski definition) is 2. The van der Waals surface area contributed by atoms with Crippen LogP contribution in [0.25, 0.3) is 0 Å². The lowest BCUT2D eigenvalue weighted by atomic mass is 10.1. The van der Waals surface area contributed by atoms with Crippen molar-refractivity contribution < 1.29 is 9.53 Å². The third-order valence-corrected chi connectivity index (χ3v) is 4.30. The summed E-state index contributed by atoms with van der Waals surface area (Å²) in [6.45, 7) is 2.79. The van der Waals surface area contributed by atoms with Gasteiger partial charge in [-0.1, -0.05) is 12.1 Å². The van der Waals surface area contributed by atoms with Gasteiger partial charge in [0, 0.05) is 12.3 Å². The van der Waals surface area contributed by atoms with Crippen molar-refractivity contribution in [1.82, 2.24) is 5.32 Å². The first-order valence-electron chi connectivity index (χ1n) is 7.46. The Morgan fingerprint density at radius 1 is 1.43 bits per heavy atom. The smallest absolute Gasteiger partial charge is 0.319 e. The van der Waals surface area contributed by atoms with E-state index in [1.165, 1.54) is 5.56 Å². The second kappa shape index (κ2) is 8.29. The molecular formula is C16H24N2O2S. The zero-order chi connectivity index (χ0) is 15.1. The number of thioether (sulfide) groups is 1. The van der Waals surface area contributed by atoms with Crippen LogP contribution in [0, 0.1) is 0 Å². The van der Waals surface area contributed by atoms with E-state index in [9.17, 15) is 4.79 Å². The molecule has 5 heteroatoms. The third kappa shape index (κ3) is 5.25. The summed E-state index contributed by atoms with van der Waals surface area (Å²) in [5.74, 6) is 1.12. The predicted molar refractivity (Wildman–Crippen MR) is 89.1 cm³/mol. The molecule has 0 spiro atoms. The Balaban J connectivity index is 1.78. The van der Waals surface area contributed by atoms with E-state index in [4.69, 9.17) is 4.74 Å². The molecule has 0 unspecified atom stereocenters. The zero-order valence-corrected chi connectivity index (χ0v) is 13.5. The highest BCUT2D eigenvalue weighted by molar-refractivity contribution is 7.98. The fourth-order valence-electron chi connectivity index (χ4n) is 2.44. The van der Waals surface area contributed by atoms with Crippen molar-refractivity contribution in [3.05, 3.63) is 29.8 Å². The van der Waals surface area contributed by atoms with E-state index in [0.29, 0.717) is 0 Å². The Bertz CT molecular complexity index is 444. The number of ether oxygens (including phenoxy) is 1. The van der Waals surface area contributed by atoms with Gasteiger partial charge in [0.25, 0.3) is 0 Å². The fraction of sp³-hybridized carbons (Fsp3) is 0.562. The summed E-state index contributed by atoms with van der Waals surface area (Å²) in [7, 11) is 0. The van der Waals surface area contributed by atoms with Gasteiger partial charge in [0.15, 0.2) is 0 Å². The van der Waals surface area contributed by atoms with Crippen LogP contribution in [0.2, 0.25) is 0 Å². The van der Waals surface area contributed by atoms with Crippen LogP contribution >= 0.6 is 11.8 Å². The molecule has 116 valence electrons. The average molecular weight is 308 g/mol. The van der Waals surface area contributed by atoms with Crippen LogP contribution in [-0.2, 0) is 11.2 Å². The molecule has 1 heterocycles.